The Bertz CT molecular complexity index is 1380. The van der Waals surface area contributed by atoms with E-state index in [1.807, 2.05) is 0 Å². The Labute approximate surface area is 203 Å². The van der Waals surface area contributed by atoms with Crippen LogP contribution in [0.3, 0.4) is 0 Å². The van der Waals surface area contributed by atoms with Crippen LogP contribution < -0.4 is 4.74 Å². The van der Waals surface area contributed by atoms with Gasteiger partial charge >= 0.3 is 0 Å². The molecule has 36 heavy (non-hydrogen) atoms. The van der Waals surface area contributed by atoms with Crippen LogP contribution in [0.2, 0.25) is 0 Å². The summed E-state index contributed by atoms with van der Waals surface area (Å²) in [5.41, 5.74) is -5.16. The van der Waals surface area contributed by atoms with Crippen molar-refractivity contribution in [3.63, 3.8) is 0 Å². The van der Waals surface area contributed by atoms with Crippen LogP contribution in [0.1, 0.15) is 30.4 Å². The smallest absolute Gasteiger partial charge is 0.287 e. The lowest BCUT2D eigenvalue weighted by Gasteiger charge is -2.74. The number of alkyl halides is 2. The van der Waals surface area contributed by atoms with Crippen LogP contribution in [-0.4, -0.2) is 51.8 Å². The molecule has 8 nitrogen and oxygen atoms in total. The van der Waals surface area contributed by atoms with Crippen molar-refractivity contribution in [1.29, 1.82) is 0 Å². The van der Waals surface area contributed by atoms with Gasteiger partial charge in [0, 0.05) is 23.3 Å². The third-order valence-corrected chi connectivity index (χ3v) is 7.83. The van der Waals surface area contributed by atoms with Crippen molar-refractivity contribution < 1.29 is 35.8 Å². The maximum absolute atomic E-state index is 16.2. The maximum Gasteiger partial charge on any atom is 0.287 e. The minimum absolute atomic E-state index is 0.0390. The van der Waals surface area contributed by atoms with E-state index in [2.05, 4.69) is 15.5 Å². The number of aromatic nitrogens is 4. The predicted octanol–water partition coefficient (Wildman–Crippen LogP) is 2.98. The molecule has 0 radical (unpaired) electrons. The first-order valence-corrected chi connectivity index (χ1v) is 13.0. The normalized spacial score (nSPS) is 24.9. The van der Waals surface area contributed by atoms with E-state index in [1.165, 1.54) is 0 Å². The average molecular weight is 527 g/mol. The second-order valence-corrected chi connectivity index (χ2v) is 12.0. The Kier molecular flexibility index (Phi) is 5.45. The predicted molar refractivity (Wildman–Crippen MR) is 118 cm³/mol. The summed E-state index contributed by atoms with van der Waals surface area (Å²) >= 11 is 0. The minimum atomic E-state index is -3.81. The number of halogens is 4. The lowest BCUT2D eigenvalue weighted by atomic mass is 9.30. The quantitative estimate of drug-likeness (QED) is 0.427. The molecule has 13 heteroatoms. The Morgan fingerprint density at radius 1 is 1.11 bits per heavy atom. The minimum Gasteiger partial charge on any atom is -0.478 e. The van der Waals surface area contributed by atoms with Crippen molar-refractivity contribution in [2.24, 2.45) is 5.41 Å². The highest BCUT2D eigenvalue weighted by atomic mass is 32.2. The highest BCUT2D eigenvalue weighted by Crippen LogP contribution is 2.80. The van der Waals surface area contributed by atoms with Gasteiger partial charge in [-0.15, -0.1) is 5.10 Å². The number of ether oxygens (including phenoxy) is 1. The molecule has 1 heterocycles. The molecule has 1 atom stereocenters. The molecule has 3 aliphatic rings. The Balaban J connectivity index is 1.40. The van der Waals surface area contributed by atoms with Gasteiger partial charge in [-0.25, -0.2) is 30.7 Å². The Morgan fingerprint density at radius 3 is 2.33 bits per heavy atom. The van der Waals surface area contributed by atoms with Gasteiger partial charge in [0.2, 0.25) is 0 Å². The molecule has 3 aliphatic carbocycles. The highest BCUT2D eigenvalue weighted by molar-refractivity contribution is 7.90. The Hall–Kier alpha value is -3.06. The summed E-state index contributed by atoms with van der Waals surface area (Å²) < 4.78 is 89.2. The zero-order valence-corrected chi connectivity index (χ0v) is 19.9. The summed E-state index contributed by atoms with van der Waals surface area (Å²) in [4.78, 5) is 0. The van der Waals surface area contributed by atoms with Gasteiger partial charge in [-0.3, -0.25) is 0 Å². The first-order chi connectivity index (χ1) is 16.8. The summed E-state index contributed by atoms with van der Waals surface area (Å²) in [6.07, 6.45) is 2.19. The van der Waals surface area contributed by atoms with Crippen LogP contribution in [0.15, 0.2) is 48.8 Å². The van der Waals surface area contributed by atoms with Crippen molar-refractivity contribution in [2.45, 2.75) is 42.7 Å². The molecule has 0 aliphatic heterocycles. The fraction of sp³-hybridized carbons (Fsp3) is 0.435. The number of sulfone groups is 1. The largest absolute Gasteiger partial charge is 0.478 e. The van der Waals surface area contributed by atoms with Crippen molar-refractivity contribution in [2.75, 3.05) is 12.2 Å². The van der Waals surface area contributed by atoms with Gasteiger partial charge < -0.3 is 9.84 Å². The summed E-state index contributed by atoms with van der Waals surface area (Å²) in [6, 6.07) is 8.64. The van der Waals surface area contributed by atoms with Gasteiger partial charge in [0.25, 0.3) is 5.92 Å². The molecule has 6 rings (SSSR count). The number of nitrogens with zero attached hydrogens (tertiary/aromatic N) is 4. The first kappa shape index (κ1) is 24.6. The van der Waals surface area contributed by atoms with Gasteiger partial charge in [-0.2, -0.15) is 0 Å². The molecule has 2 aromatic carbocycles. The first-order valence-electron chi connectivity index (χ1n) is 11.0. The topological polar surface area (TPSA) is 107 Å². The van der Waals surface area contributed by atoms with E-state index in [9.17, 15) is 22.3 Å². The average Bonchev–Trinajstić information content (AvgIpc) is 3.23. The standard InChI is InChI=1S/C23H22F4N4O4S/c1-36(33,34)14-35-17-5-2-15(3-6-17)20-9-21(10-20,11-20)23(26,27)22(32,12-31-13-28-29-30-31)18-7-4-16(24)8-19(18)25/h2-8,13,32H,9-12,14H2,1H3/t20?,21?,22-/m0/s1. The molecule has 3 aromatic rings. The fourth-order valence-corrected chi connectivity index (χ4v) is 5.96. The second-order valence-electron chi connectivity index (χ2n) is 9.87. The zero-order chi connectivity index (χ0) is 26.0. The highest BCUT2D eigenvalue weighted by Gasteiger charge is 2.82. The molecule has 3 saturated carbocycles. The monoisotopic (exact) mass is 526 g/mol. The van der Waals surface area contributed by atoms with E-state index in [-0.39, 0.29) is 19.3 Å². The Morgan fingerprint density at radius 2 is 1.78 bits per heavy atom. The van der Waals surface area contributed by atoms with Crippen LogP contribution >= 0.6 is 0 Å². The molecule has 2 bridgehead atoms. The molecule has 0 spiro atoms. The van der Waals surface area contributed by atoms with Gasteiger partial charge in [0.05, 0.1) is 6.54 Å². The maximum atomic E-state index is 16.2. The van der Waals surface area contributed by atoms with Crippen LogP contribution in [0.5, 0.6) is 5.75 Å². The zero-order valence-electron chi connectivity index (χ0n) is 19.0. The van der Waals surface area contributed by atoms with Gasteiger partial charge in [-0.05, 0) is 64.9 Å². The number of benzene rings is 2. The molecular formula is C23H22F4N4O4S. The van der Waals surface area contributed by atoms with E-state index < -0.39 is 61.9 Å². The second kappa shape index (κ2) is 7.97. The summed E-state index contributed by atoms with van der Waals surface area (Å²) in [6.45, 7) is -0.837. The van der Waals surface area contributed by atoms with Crippen molar-refractivity contribution >= 4 is 9.84 Å². The number of tetrazole rings is 1. The summed E-state index contributed by atoms with van der Waals surface area (Å²) in [5.74, 6) is -6.22. The molecule has 1 aromatic heterocycles. The van der Waals surface area contributed by atoms with Crippen molar-refractivity contribution in [1.82, 2.24) is 20.2 Å². The van der Waals surface area contributed by atoms with E-state index in [0.29, 0.717) is 11.8 Å². The van der Waals surface area contributed by atoms with E-state index in [4.69, 9.17) is 4.74 Å². The fourth-order valence-electron chi connectivity index (χ4n) is 5.61. The molecular weight excluding hydrogens is 504 g/mol. The molecule has 0 unspecified atom stereocenters. The number of aliphatic hydroxyl groups is 1. The van der Waals surface area contributed by atoms with E-state index in [0.717, 1.165) is 35.0 Å². The number of hydrogen-bond donors (Lipinski definition) is 1. The molecule has 0 saturated heterocycles. The van der Waals surface area contributed by atoms with Crippen LogP contribution in [0.4, 0.5) is 17.6 Å². The number of hydrogen-bond acceptors (Lipinski definition) is 7. The molecule has 0 amide bonds. The van der Waals surface area contributed by atoms with Crippen LogP contribution in [-0.2, 0) is 27.4 Å². The molecule has 3 fully saturated rings. The van der Waals surface area contributed by atoms with E-state index >= 15 is 8.78 Å². The summed E-state index contributed by atoms with van der Waals surface area (Å²) in [7, 11) is -3.32. The number of rotatable bonds is 9. The SMILES string of the molecule is CS(=O)(=O)COc1ccc(C23CC(C(F)(F)[C@](O)(Cn4cnnn4)c4ccc(F)cc4F)(C2)C3)cc1. The lowest BCUT2D eigenvalue weighted by molar-refractivity contribution is -0.347. The third kappa shape index (κ3) is 3.76. The molecule has 192 valence electrons. The van der Waals surface area contributed by atoms with Gasteiger partial charge in [0.1, 0.15) is 23.7 Å². The van der Waals surface area contributed by atoms with Crippen LogP contribution in [0, 0.1) is 17.0 Å². The lowest BCUT2D eigenvalue weighted by Crippen LogP contribution is -2.76. The van der Waals surface area contributed by atoms with Crippen LogP contribution in [0.25, 0.3) is 0 Å². The van der Waals surface area contributed by atoms with E-state index in [1.54, 1.807) is 24.3 Å². The molecule has 1 N–H and O–H groups in total. The summed E-state index contributed by atoms with van der Waals surface area (Å²) in [5, 5.41) is 21.7. The van der Waals surface area contributed by atoms with Gasteiger partial charge in [-0.1, -0.05) is 12.1 Å². The van der Waals surface area contributed by atoms with Crippen molar-refractivity contribution in [3.05, 3.63) is 71.6 Å². The van der Waals surface area contributed by atoms with Gasteiger partial charge in [0.15, 0.2) is 21.4 Å². The van der Waals surface area contributed by atoms with Crippen molar-refractivity contribution in [3.8, 4) is 5.75 Å². The third-order valence-electron chi connectivity index (χ3n) is 7.28.